The molecule has 0 fully saturated rings. The maximum Gasteiger partial charge on any atom is 0.252 e. The van der Waals surface area contributed by atoms with E-state index in [9.17, 15) is 23.2 Å². The van der Waals surface area contributed by atoms with Crippen molar-refractivity contribution in [1.29, 1.82) is 0 Å². The molecule has 0 amide bonds. The molecule has 0 aromatic heterocycles. The first kappa shape index (κ1) is 39.1. The molecule has 0 aliphatic heterocycles. The molecule has 248 valence electrons. The smallest absolute Gasteiger partial charge is 0.252 e. The Labute approximate surface area is 307 Å². The molecule has 0 bridgehead atoms. The molecule has 0 saturated carbocycles. The van der Waals surface area contributed by atoms with Crippen LogP contribution >= 0.6 is 58.0 Å². The second-order valence-electron chi connectivity index (χ2n) is 9.76. The lowest BCUT2D eigenvalue weighted by Gasteiger charge is -2.01. The molecule has 49 heavy (non-hydrogen) atoms. The average Bonchev–Trinajstić information content (AvgIpc) is 3.10. The fourth-order valence-corrected chi connectivity index (χ4v) is 4.38. The molecule has 0 aliphatic rings. The maximum absolute atomic E-state index is 12.6. The Balaban J connectivity index is 0.000000185. The largest absolute Gasteiger partial charge is 0.289 e. The lowest BCUT2D eigenvalue weighted by atomic mass is 10.0. The van der Waals surface area contributed by atoms with Crippen LogP contribution in [0.15, 0.2) is 152 Å². The Morgan fingerprint density at radius 2 is 0.592 bits per heavy atom. The van der Waals surface area contributed by atoms with Crippen LogP contribution in [0.3, 0.4) is 0 Å². The highest BCUT2D eigenvalue weighted by atomic mass is 35.5. The molecule has 0 unspecified atom stereocenters. The predicted molar refractivity (Wildman–Crippen MR) is 196 cm³/mol. The molecule has 0 atom stereocenters. The summed E-state index contributed by atoms with van der Waals surface area (Å²) in [6.45, 7) is 0. The Hall–Kier alpha value is -4.36. The first-order chi connectivity index (χ1) is 23.4. The zero-order chi connectivity index (χ0) is 35.8. The van der Waals surface area contributed by atoms with Gasteiger partial charge in [0.2, 0.25) is 0 Å². The Kier molecular flexibility index (Phi) is 16.1. The monoisotopic (exact) mass is 754 g/mol. The Morgan fingerprint density at radius 1 is 0.347 bits per heavy atom. The molecule has 0 N–H and O–H groups in total. The van der Waals surface area contributed by atoms with Gasteiger partial charge in [0.25, 0.3) is 5.24 Å². The number of halogens is 7. The van der Waals surface area contributed by atoms with E-state index in [1.165, 1.54) is 48.5 Å². The van der Waals surface area contributed by atoms with E-state index in [1.807, 2.05) is 30.3 Å². The minimum absolute atomic E-state index is 0.0340. The fourth-order valence-electron chi connectivity index (χ4n) is 3.73. The van der Waals surface area contributed by atoms with Crippen LogP contribution in [-0.4, -0.2) is 16.8 Å². The molecule has 0 saturated heterocycles. The molecule has 0 spiro atoms. The van der Waals surface area contributed by atoms with Crippen molar-refractivity contribution >= 4 is 74.8 Å². The minimum Gasteiger partial charge on any atom is -0.289 e. The van der Waals surface area contributed by atoms with Gasteiger partial charge in [-0.05, 0) is 145 Å². The predicted octanol–water partition coefficient (Wildman–Crippen LogP) is 12.5. The van der Waals surface area contributed by atoms with Crippen LogP contribution in [0.4, 0.5) is 8.78 Å². The third-order valence-electron chi connectivity index (χ3n) is 6.23. The van der Waals surface area contributed by atoms with Crippen molar-refractivity contribution in [2.24, 2.45) is 0 Å². The van der Waals surface area contributed by atoms with Gasteiger partial charge in [0.05, 0.1) is 0 Å². The topological polar surface area (TPSA) is 51.2 Å². The van der Waals surface area contributed by atoms with E-state index < -0.39 is 16.9 Å². The summed E-state index contributed by atoms with van der Waals surface area (Å²) in [4.78, 5) is 34.3. The molecule has 6 rings (SSSR count). The summed E-state index contributed by atoms with van der Waals surface area (Å²) in [7, 11) is 0. The zero-order valence-corrected chi connectivity index (χ0v) is 29.1. The van der Waals surface area contributed by atoms with Gasteiger partial charge in [-0.15, -0.1) is 0 Å². The van der Waals surface area contributed by atoms with Crippen molar-refractivity contribution in [2.75, 3.05) is 0 Å². The van der Waals surface area contributed by atoms with Gasteiger partial charge in [0, 0.05) is 47.9 Å². The fraction of sp³-hybridized carbons (Fsp3) is 0. The molecule has 3 nitrogen and oxygen atoms in total. The number of benzene rings is 6. The van der Waals surface area contributed by atoms with Gasteiger partial charge in [-0.3, -0.25) is 14.4 Å². The molecular formula is C39H25Cl5F2O3. The molecule has 10 heteroatoms. The van der Waals surface area contributed by atoms with Crippen molar-refractivity contribution < 1.29 is 23.2 Å². The van der Waals surface area contributed by atoms with Gasteiger partial charge in [0.1, 0.15) is 11.6 Å². The SMILES string of the molecule is Clc1ccccc1.O=C(Cl)c1ccc(Cl)cc1.O=C(c1ccc(Cl)cc1)c1ccc(Cl)cc1.O=C(c1ccc(F)cc1)c1ccc(F)cc1. The molecular weight excluding hydrogens is 732 g/mol. The van der Waals surface area contributed by atoms with Crippen molar-refractivity contribution in [3.8, 4) is 0 Å². The van der Waals surface area contributed by atoms with E-state index in [1.54, 1.807) is 72.8 Å². The normalized spacial score (nSPS) is 9.78. The number of hydrogen-bond acceptors (Lipinski definition) is 3. The van der Waals surface area contributed by atoms with Gasteiger partial charge < -0.3 is 0 Å². The van der Waals surface area contributed by atoms with Gasteiger partial charge >= 0.3 is 0 Å². The zero-order valence-electron chi connectivity index (χ0n) is 25.3. The number of carbonyl (C=O) groups is 3. The summed E-state index contributed by atoms with van der Waals surface area (Å²) in [5, 5.41) is 2.17. The van der Waals surface area contributed by atoms with Crippen molar-refractivity contribution in [1.82, 2.24) is 0 Å². The van der Waals surface area contributed by atoms with E-state index in [2.05, 4.69) is 0 Å². The van der Waals surface area contributed by atoms with E-state index in [0.29, 0.717) is 42.9 Å². The van der Waals surface area contributed by atoms with E-state index in [-0.39, 0.29) is 11.6 Å². The van der Waals surface area contributed by atoms with Crippen LogP contribution in [0.2, 0.25) is 20.1 Å². The minimum atomic E-state index is -0.461. The number of carbonyl (C=O) groups excluding carboxylic acids is 3. The van der Waals surface area contributed by atoms with Gasteiger partial charge in [-0.1, -0.05) is 64.6 Å². The maximum atomic E-state index is 12.6. The van der Waals surface area contributed by atoms with Crippen molar-refractivity contribution in [2.45, 2.75) is 0 Å². The van der Waals surface area contributed by atoms with Crippen LogP contribution in [0, 0.1) is 11.6 Å². The highest BCUT2D eigenvalue weighted by Gasteiger charge is 2.09. The van der Waals surface area contributed by atoms with Crippen LogP contribution in [0.5, 0.6) is 0 Å². The lowest BCUT2D eigenvalue weighted by molar-refractivity contribution is 0.103. The van der Waals surface area contributed by atoms with Gasteiger partial charge in [-0.2, -0.15) is 0 Å². The van der Waals surface area contributed by atoms with E-state index in [4.69, 9.17) is 58.0 Å². The van der Waals surface area contributed by atoms with Gasteiger partial charge in [0.15, 0.2) is 11.6 Å². The quantitative estimate of drug-likeness (QED) is 0.130. The standard InChI is InChI=1S/C13H8Cl2O.C13H8F2O.C7H4Cl2O.C6H5Cl/c2*14-11-5-1-9(2-6-11)13(16)10-3-7-12(15)8-4-10;8-6-3-1-5(2-4-6)7(9)10;7-6-4-2-1-3-5-6/h2*1-8H;1-4H;1-5H. The first-order valence-electron chi connectivity index (χ1n) is 14.2. The summed E-state index contributed by atoms with van der Waals surface area (Å²) in [6.07, 6.45) is 0. The molecule has 0 radical (unpaired) electrons. The summed E-state index contributed by atoms with van der Waals surface area (Å²) in [6, 6.07) is 40.0. The van der Waals surface area contributed by atoms with E-state index >= 15 is 0 Å². The summed E-state index contributed by atoms with van der Waals surface area (Å²) in [5.74, 6) is -1.07. The summed E-state index contributed by atoms with van der Waals surface area (Å²) >= 11 is 27.8. The van der Waals surface area contributed by atoms with Crippen LogP contribution < -0.4 is 0 Å². The molecule has 6 aromatic carbocycles. The van der Waals surface area contributed by atoms with Gasteiger partial charge in [-0.25, -0.2) is 8.78 Å². The summed E-state index contributed by atoms with van der Waals surface area (Å²) in [5.41, 5.74) is 2.46. The summed E-state index contributed by atoms with van der Waals surface area (Å²) < 4.78 is 25.3. The first-order valence-corrected chi connectivity index (χ1v) is 16.1. The third kappa shape index (κ3) is 14.0. The second-order valence-corrected chi connectivity index (χ2v) is 11.9. The van der Waals surface area contributed by atoms with Crippen LogP contribution in [0.25, 0.3) is 0 Å². The highest BCUT2D eigenvalue weighted by Crippen LogP contribution is 2.16. The van der Waals surface area contributed by atoms with Crippen molar-refractivity contribution in [3.05, 3.63) is 211 Å². The van der Waals surface area contributed by atoms with Crippen LogP contribution in [0.1, 0.15) is 42.2 Å². The lowest BCUT2D eigenvalue weighted by Crippen LogP contribution is -2.01. The molecule has 0 heterocycles. The number of rotatable bonds is 5. The average molecular weight is 757 g/mol. The number of ketones is 2. The second kappa shape index (κ2) is 20.2. The highest BCUT2D eigenvalue weighted by molar-refractivity contribution is 6.67. The Bertz CT molecular complexity index is 1740. The molecule has 0 aliphatic carbocycles. The number of hydrogen-bond donors (Lipinski definition) is 0. The van der Waals surface area contributed by atoms with Crippen LogP contribution in [-0.2, 0) is 0 Å². The Morgan fingerprint density at radius 3 is 0.837 bits per heavy atom. The third-order valence-corrected chi connectivity index (χ3v) is 7.46. The van der Waals surface area contributed by atoms with Crippen molar-refractivity contribution in [3.63, 3.8) is 0 Å². The molecule has 6 aromatic rings. The van der Waals surface area contributed by atoms with E-state index in [0.717, 1.165) is 5.02 Å².